The number of hydrogen-bond donors (Lipinski definition) is 1. The number of aliphatic hydroxyl groups excluding tert-OH is 1. The van der Waals surface area contributed by atoms with Crippen LogP contribution in [0.4, 0.5) is 5.69 Å². The van der Waals surface area contributed by atoms with Crippen LogP contribution < -0.4 is 10.5 Å². The van der Waals surface area contributed by atoms with Crippen molar-refractivity contribution in [1.82, 2.24) is 9.55 Å². The second kappa shape index (κ2) is 5.43. The monoisotopic (exact) mass is 298 g/mol. The fourth-order valence-corrected chi connectivity index (χ4v) is 2.97. The second-order valence-corrected chi connectivity index (χ2v) is 5.88. The van der Waals surface area contributed by atoms with Gasteiger partial charge < -0.3 is 14.6 Å². The number of rotatable bonds is 1. The summed E-state index contributed by atoms with van der Waals surface area (Å²) in [4.78, 5) is 18.7. The Kier molecular flexibility index (Phi) is 3.59. The Morgan fingerprint density at radius 2 is 2.23 bits per heavy atom. The standard InChI is InChI=1S/C16H18N4O2/c1-10-9-20(6-5-14(10)21)13-7-15(22)19(2)12-4-3-11(8-17)18-16(12)13/h3-4,7,10,14,21H,5-6,9H2,1-2H3/t10-,14+/m1/s1. The van der Waals surface area contributed by atoms with E-state index in [1.165, 1.54) is 4.57 Å². The summed E-state index contributed by atoms with van der Waals surface area (Å²) in [6.45, 7) is 3.34. The molecule has 0 aliphatic carbocycles. The van der Waals surface area contributed by atoms with Crippen LogP contribution in [0.5, 0.6) is 0 Å². The van der Waals surface area contributed by atoms with Crippen molar-refractivity contribution in [3.63, 3.8) is 0 Å². The van der Waals surface area contributed by atoms with Gasteiger partial charge in [-0.3, -0.25) is 4.79 Å². The van der Waals surface area contributed by atoms with Crippen molar-refractivity contribution in [2.24, 2.45) is 13.0 Å². The summed E-state index contributed by atoms with van der Waals surface area (Å²) in [6, 6.07) is 6.99. The minimum absolute atomic E-state index is 0.104. The van der Waals surface area contributed by atoms with E-state index < -0.39 is 0 Å². The molecular weight excluding hydrogens is 280 g/mol. The number of aliphatic hydroxyl groups is 1. The van der Waals surface area contributed by atoms with Crippen molar-refractivity contribution < 1.29 is 5.11 Å². The quantitative estimate of drug-likeness (QED) is 0.849. The van der Waals surface area contributed by atoms with E-state index in [9.17, 15) is 9.90 Å². The number of piperidine rings is 1. The van der Waals surface area contributed by atoms with Gasteiger partial charge in [-0.1, -0.05) is 6.92 Å². The van der Waals surface area contributed by atoms with Crippen molar-refractivity contribution in [2.75, 3.05) is 18.0 Å². The Morgan fingerprint density at radius 3 is 2.91 bits per heavy atom. The number of anilines is 1. The van der Waals surface area contributed by atoms with Gasteiger partial charge in [-0.2, -0.15) is 5.26 Å². The zero-order valence-corrected chi connectivity index (χ0v) is 12.7. The predicted molar refractivity (Wildman–Crippen MR) is 83.7 cm³/mol. The van der Waals surface area contributed by atoms with Gasteiger partial charge >= 0.3 is 0 Å². The van der Waals surface area contributed by atoms with E-state index in [0.29, 0.717) is 36.2 Å². The number of aryl methyl sites for hydroxylation is 1. The highest BCUT2D eigenvalue weighted by Crippen LogP contribution is 2.28. The van der Waals surface area contributed by atoms with Crippen molar-refractivity contribution in [3.8, 4) is 6.07 Å². The summed E-state index contributed by atoms with van der Waals surface area (Å²) >= 11 is 0. The number of nitriles is 1. The molecule has 6 nitrogen and oxygen atoms in total. The number of pyridine rings is 2. The first-order valence-corrected chi connectivity index (χ1v) is 7.35. The molecule has 1 aliphatic heterocycles. The van der Waals surface area contributed by atoms with Gasteiger partial charge in [0, 0.05) is 26.2 Å². The molecule has 1 N–H and O–H groups in total. The van der Waals surface area contributed by atoms with Gasteiger partial charge in [0.25, 0.3) is 5.56 Å². The molecule has 2 aromatic heterocycles. The normalized spacial score (nSPS) is 21.8. The summed E-state index contributed by atoms with van der Waals surface area (Å²) < 4.78 is 1.54. The van der Waals surface area contributed by atoms with Crippen LogP contribution in [0.1, 0.15) is 19.0 Å². The largest absolute Gasteiger partial charge is 0.393 e. The molecule has 0 amide bonds. The maximum Gasteiger partial charge on any atom is 0.252 e. The number of aromatic nitrogens is 2. The Hall–Kier alpha value is -2.39. The summed E-state index contributed by atoms with van der Waals surface area (Å²) in [5.74, 6) is 0.131. The Morgan fingerprint density at radius 1 is 1.45 bits per heavy atom. The zero-order valence-electron chi connectivity index (χ0n) is 12.7. The van der Waals surface area contributed by atoms with E-state index in [0.717, 1.165) is 5.69 Å². The molecule has 0 saturated carbocycles. The third kappa shape index (κ3) is 2.34. The third-order valence-corrected chi connectivity index (χ3v) is 4.38. The Labute approximate surface area is 128 Å². The van der Waals surface area contributed by atoms with E-state index in [1.54, 1.807) is 25.2 Å². The van der Waals surface area contributed by atoms with Gasteiger partial charge in [0.1, 0.15) is 17.3 Å². The molecule has 0 bridgehead atoms. The van der Waals surface area contributed by atoms with E-state index in [-0.39, 0.29) is 17.6 Å². The lowest BCUT2D eigenvalue weighted by molar-refractivity contribution is 0.0971. The molecule has 22 heavy (non-hydrogen) atoms. The van der Waals surface area contributed by atoms with Crippen LogP contribution in [0.2, 0.25) is 0 Å². The molecule has 2 atom stereocenters. The molecule has 0 radical (unpaired) electrons. The lowest BCUT2D eigenvalue weighted by atomic mass is 9.96. The molecule has 114 valence electrons. The summed E-state index contributed by atoms with van der Waals surface area (Å²) in [7, 11) is 1.70. The number of fused-ring (bicyclic) bond motifs is 1. The first-order chi connectivity index (χ1) is 10.5. The van der Waals surface area contributed by atoms with Gasteiger partial charge in [-0.25, -0.2) is 4.98 Å². The van der Waals surface area contributed by atoms with Gasteiger partial charge in [0.2, 0.25) is 0 Å². The molecule has 2 aromatic rings. The molecule has 0 aromatic carbocycles. The van der Waals surface area contributed by atoms with E-state index in [2.05, 4.69) is 9.88 Å². The van der Waals surface area contributed by atoms with Crippen LogP contribution in [0.15, 0.2) is 23.0 Å². The molecule has 0 spiro atoms. The van der Waals surface area contributed by atoms with Crippen LogP contribution in [0.25, 0.3) is 11.0 Å². The van der Waals surface area contributed by atoms with Gasteiger partial charge in [-0.15, -0.1) is 0 Å². The van der Waals surface area contributed by atoms with Gasteiger partial charge in [-0.05, 0) is 24.5 Å². The van der Waals surface area contributed by atoms with Crippen LogP contribution in [0, 0.1) is 17.2 Å². The lowest BCUT2D eigenvalue weighted by Gasteiger charge is -2.36. The van der Waals surface area contributed by atoms with Crippen LogP contribution in [0.3, 0.4) is 0 Å². The fraction of sp³-hybridized carbons (Fsp3) is 0.438. The fourth-order valence-electron chi connectivity index (χ4n) is 2.97. The molecular formula is C16H18N4O2. The average Bonchev–Trinajstić information content (AvgIpc) is 2.53. The highest BCUT2D eigenvalue weighted by Gasteiger charge is 2.26. The highest BCUT2D eigenvalue weighted by molar-refractivity contribution is 5.88. The Bertz CT molecular complexity index is 821. The first kappa shape index (κ1) is 14.5. The topological polar surface area (TPSA) is 82.2 Å². The molecule has 1 saturated heterocycles. The number of hydrogen-bond acceptors (Lipinski definition) is 5. The zero-order chi connectivity index (χ0) is 15.9. The SMILES string of the molecule is C[C@@H]1CN(c2cc(=O)n(C)c3ccc(C#N)nc23)CC[C@@H]1O. The Balaban J connectivity index is 2.18. The smallest absolute Gasteiger partial charge is 0.252 e. The van der Waals surface area contributed by atoms with Crippen LogP contribution in [-0.4, -0.2) is 33.9 Å². The minimum atomic E-state index is -0.309. The second-order valence-electron chi connectivity index (χ2n) is 5.88. The summed E-state index contributed by atoms with van der Waals surface area (Å²) in [5.41, 5.74) is 2.34. The first-order valence-electron chi connectivity index (χ1n) is 7.35. The molecule has 1 fully saturated rings. The van der Waals surface area contributed by atoms with E-state index in [1.807, 2.05) is 13.0 Å². The van der Waals surface area contributed by atoms with E-state index >= 15 is 0 Å². The summed E-state index contributed by atoms with van der Waals surface area (Å²) in [6.07, 6.45) is 0.354. The molecule has 3 heterocycles. The van der Waals surface area contributed by atoms with E-state index in [4.69, 9.17) is 5.26 Å². The molecule has 1 aliphatic rings. The summed E-state index contributed by atoms with van der Waals surface area (Å²) in [5, 5.41) is 19.0. The highest BCUT2D eigenvalue weighted by atomic mass is 16.3. The maximum atomic E-state index is 12.2. The molecule has 0 unspecified atom stereocenters. The average molecular weight is 298 g/mol. The van der Waals surface area contributed by atoms with Crippen molar-refractivity contribution in [2.45, 2.75) is 19.4 Å². The van der Waals surface area contributed by atoms with Crippen molar-refractivity contribution in [1.29, 1.82) is 5.26 Å². The van der Waals surface area contributed by atoms with Gasteiger partial charge in [0.05, 0.1) is 17.3 Å². The van der Waals surface area contributed by atoms with Crippen molar-refractivity contribution >= 4 is 16.7 Å². The number of nitrogens with zero attached hydrogens (tertiary/aromatic N) is 4. The van der Waals surface area contributed by atoms with Gasteiger partial charge in [0.15, 0.2) is 0 Å². The van der Waals surface area contributed by atoms with Crippen molar-refractivity contribution in [3.05, 3.63) is 34.2 Å². The predicted octanol–water partition coefficient (Wildman–Crippen LogP) is 1.01. The van der Waals surface area contributed by atoms with Crippen LogP contribution in [-0.2, 0) is 7.05 Å². The third-order valence-electron chi connectivity index (χ3n) is 4.38. The maximum absolute atomic E-state index is 12.2. The lowest BCUT2D eigenvalue weighted by Crippen LogP contribution is -2.42. The minimum Gasteiger partial charge on any atom is -0.393 e. The molecule has 3 rings (SSSR count). The molecule has 6 heteroatoms. The van der Waals surface area contributed by atoms with Crippen LogP contribution >= 0.6 is 0 Å².